The SMILES string of the molecule is C[C@@]12CCC(=O)[C@@](C)(CO)[C@H]1CC[C@@]13C[C@@H](CC[C@H]12)[C@H](C(=O)O)C3. The lowest BCUT2D eigenvalue weighted by atomic mass is 9.41. The summed E-state index contributed by atoms with van der Waals surface area (Å²) in [7, 11) is 0. The van der Waals surface area contributed by atoms with E-state index in [1.165, 1.54) is 0 Å². The van der Waals surface area contributed by atoms with E-state index in [0.717, 1.165) is 44.9 Å². The average Bonchev–Trinajstić information content (AvgIpc) is 2.82. The number of aliphatic carboxylic acids is 1. The van der Waals surface area contributed by atoms with Gasteiger partial charge in [-0.2, -0.15) is 0 Å². The first kappa shape index (κ1) is 16.6. The highest BCUT2D eigenvalue weighted by Gasteiger charge is 2.66. The van der Waals surface area contributed by atoms with Crippen LogP contribution in [0.25, 0.3) is 0 Å². The molecule has 2 bridgehead atoms. The molecule has 134 valence electrons. The minimum Gasteiger partial charge on any atom is -0.481 e. The van der Waals surface area contributed by atoms with E-state index in [4.69, 9.17) is 0 Å². The monoisotopic (exact) mass is 334 g/mol. The molecule has 0 heterocycles. The smallest absolute Gasteiger partial charge is 0.306 e. The molecule has 4 saturated carbocycles. The van der Waals surface area contributed by atoms with Gasteiger partial charge < -0.3 is 10.2 Å². The van der Waals surface area contributed by atoms with Crippen LogP contribution >= 0.6 is 0 Å². The first-order valence-corrected chi connectivity index (χ1v) is 9.64. The Balaban J connectivity index is 1.71. The van der Waals surface area contributed by atoms with Crippen LogP contribution in [-0.2, 0) is 9.59 Å². The van der Waals surface area contributed by atoms with Crippen molar-refractivity contribution >= 4 is 11.8 Å². The van der Waals surface area contributed by atoms with Crippen molar-refractivity contribution in [3.63, 3.8) is 0 Å². The highest BCUT2D eigenvalue weighted by Crippen LogP contribution is 2.71. The third kappa shape index (κ3) is 1.89. The number of fused-ring (bicyclic) bond motifs is 3. The molecule has 7 atom stereocenters. The fourth-order valence-electron chi connectivity index (χ4n) is 7.78. The molecule has 4 rings (SSSR count). The topological polar surface area (TPSA) is 74.6 Å². The van der Waals surface area contributed by atoms with Gasteiger partial charge in [-0.3, -0.25) is 9.59 Å². The van der Waals surface area contributed by atoms with Gasteiger partial charge in [0, 0.05) is 6.42 Å². The van der Waals surface area contributed by atoms with E-state index in [2.05, 4.69) is 6.92 Å². The van der Waals surface area contributed by atoms with Gasteiger partial charge in [0.15, 0.2) is 0 Å². The molecule has 4 nitrogen and oxygen atoms in total. The molecule has 4 aliphatic carbocycles. The van der Waals surface area contributed by atoms with Crippen LogP contribution < -0.4 is 0 Å². The number of aliphatic hydroxyl groups excluding tert-OH is 1. The lowest BCUT2D eigenvalue weighted by Gasteiger charge is -2.63. The number of carboxylic acid groups (broad SMARTS) is 1. The summed E-state index contributed by atoms with van der Waals surface area (Å²) in [5.41, 5.74) is -0.355. The van der Waals surface area contributed by atoms with Gasteiger partial charge >= 0.3 is 5.97 Å². The summed E-state index contributed by atoms with van der Waals surface area (Å²) >= 11 is 0. The highest BCUT2D eigenvalue weighted by atomic mass is 16.4. The molecule has 0 aromatic carbocycles. The van der Waals surface area contributed by atoms with Crippen LogP contribution in [-0.4, -0.2) is 28.6 Å². The quantitative estimate of drug-likeness (QED) is 0.813. The van der Waals surface area contributed by atoms with Crippen LogP contribution in [0.15, 0.2) is 0 Å². The zero-order valence-corrected chi connectivity index (χ0v) is 14.9. The maximum absolute atomic E-state index is 12.6. The number of carbonyl (C=O) groups excluding carboxylic acids is 1. The van der Waals surface area contributed by atoms with Gasteiger partial charge in [-0.1, -0.05) is 13.8 Å². The lowest BCUT2D eigenvalue weighted by molar-refractivity contribution is -0.173. The van der Waals surface area contributed by atoms with Crippen molar-refractivity contribution in [2.24, 2.45) is 39.9 Å². The Morgan fingerprint density at radius 3 is 2.54 bits per heavy atom. The molecule has 0 unspecified atom stereocenters. The number of hydrogen-bond donors (Lipinski definition) is 2. The van der Waals surface area contributed by atoms with Gasteiger partial charge in [0.25, 0.3) is 0 Å². The second kappa shape index (κ2) is 5.06. The number of ketones is 1. The van der Waals surface area contributed by atoms with Gasteiger partial charge in [-0.05, 0) is 73.5 Å². The van der Waals surface area contributed by atoms with Crippen LogP contribution in [0.2, 0.25) is 0 Å². The minimum absolute atomic E-state index is 0.0494. The fraction of sp³-hybridized carbons (Fsp3) is 0.900. The molecule has 0 aromatic heterocycles. The molecule has 0 saturated heterocycles. The van der Waals surface area contributed by atoms with Crippen LogP contribution in [0, 0.1) is 39.9 Å². The molecule has 4 aliphatic rings. The number of rotatable bonds is 2. The van der Waals surface area contributed by atoms with Crippen LogP contribution in [0.5, 0.6) is 0 Å². The average molecular weight is 334 g/mol. The summed E-state index contributed by atoms with van der Waals surface area (Å²) in [5, 5.41) is 19.6. The van der Waals surface area contributed by atoms with E-state index in [1.807, 2.05) is 6.92 Å². The maximum Gasteiger partial charge on any atom is 0.306 e. The Labute approximate surface area is 144 Å². The summed E-state index contributed by atoms with van der Waals surface area (Å²) in [6, 6.07) is 0. The van der Waals surface area contributed by atoms with E-state index >= 15 is 0 Å². The standard InChI is InChI=1S/C20H30O4/c1-18-7-6-16(22)19(2,11-21)14(18)5-8-20-9-12(3-4-15(18)20)13(10-20)17(23)24/h12-15,21H,3-11H2,1-2H3,(H,23,24)/t12-,13-,14+,15+,18-,19+,20+/m1/s1. The van der Waals surface area contributed by atoms with Crippen molar-refractivity contribution in [1.29, 1.82) is 0 Å². The zero-order chi connectivity index (χ0) is 17.3. The molecule has 4 heteroatoms. The van der Waals surface area contributed by atoms with Gasteiger partial charge in [0.1, 0.15) is 5.78 Å². The van der Waals surface area contributed by atoms with Crippen molar-refractivity contribution in [1.82, 2.24) is 0 Å². The van der Waals surface area contributed by atoms with Crippen LogP contribution in [0.4, 0.5) is 0 Å². The Morgan fingerprint density at radius 1 is 1.12 bits per heavy atom. The molecule has 24 heavy (non-hydrogen) atoms. The van der Waals surface area contributed by atoms with Crippen molar-refractivity contribution < 1.29 is 19.8 Å². The van der Waals surface area contributed by atoms with Crippen LogP contribution in [0.3, 0.4) is 0 Å². The third-order valence-corrected chi connectivity index (χ3v) is 8.89. The number of aliphatic hydroxyl groups is 1. The maximum atomic E-state index is 12.6. The van der Waals surface area contributed by atoms with Gasteiger partial charge in [-0.25, -0.2) is 0 Å². The Bertz CT molecular complexity index is 586. The third-order valence-electron chi connectivity index (χ3n) is 8.89. The van der Waals surface area contributed by atoms with E-state index in [-0.39, 0.29) is 35.1 Å². The summed E-state index contributed by atoms with van der Waals surface area (Å²) in [6.07, 6.45) is 7.54. The van der Waals surface area contributed by atoms with Crippen molar-refractivity contribution in [2.45, 2.75) is 65.2 Å². The second-order valence-corrected chi connectivity index (χ2v) is 9.70. The van der Waals surface area contributed by atoms with Gasteiger partial charge in [-0.15, -0.1) is 0 Å². The van der Waals surface area contributed by atoms with Crippen molar-refractivity contribution in [3.8, 4) is 0 Å². The highest BCUT2D eigenvalue weighted by molar-refractivity contribution is 5.86. The summed E-state index contributed by atoms with van der Waals surface area (Å²) < 4.78 is 0. The first-order chi connectivity index (χ1) is 11.3. The Hall–Kier alpha value is -0.900. The van der Waals surface area contributed by atoms with Gasteiger partial charge in [0.2, 0.25) is 0 Å². The number of hydrogen-bond acceptors (Lipinski definition) is 3. The zero-order valence-electron chi connectivity index (χ0n) is 14.9. The molecule has 2 N–H and O–H groups in total. The molecule has 0 radical (unpaired) electrons. The van der Waals surface area contributed by atoms with Crippen LogP contribution in [0.1, 0.15) is 65.2 Å². The van der Waals surface area contributed by atoms with Gasteiger partial charge in [0.05, 0.1) is 17.9 Å². The predicted octanol–water partition coefficient (Wildman–Crippen LogP) is 3.27. The van der Waals surface area contributed by atoms with Crippen molar-refractivity contribution in [3.05, 3.63) is 0 Å². The number of carboxylic acids is 1. The molecule has 4 fully saturated rings. The second-order valence-electron chi connectivity index (χ2n) is 9.70. The fourth-order valence-corrected chi connectivity index (χ4v) is 7.78. The largest absolute Gasteiger partial charge is 0.481 e. The lowest BCUT2D eigenvalue weighted by Crippen LogP contribution is -2.60. The molecule has 0 aliphatic heterocycles. The summed E-state index contributed by atoms with van der Waals surface area (Å²) in [6.45, 7) is 4.26. The summed E-state index contributed by atoms with van der Waals surface area (Å²) in [5.74, 6) is 0.573. The van der Waals surface area contributed by atoms with Crippen molar-refractivity contribution in [2.75, 3.05) is 6.61 Å². The molecular formula is C20H30O4. The Morgan fingerprint density at radius 2 is 1.88 bits per heavy atom. The van der Waals surface area contributed by atoms with E-state index in [0.29, 0.717) is 18.3 Å². The molecule has 1 spiro atoms. The number of carbonyl (C=O) groups is 2. The van der Waals surface area contributed by atoms with E-state index < -0.39 is 11.4 Å². The first-order valence-electron chi connectivity index (χ1n) is 9.64. The summed E-state index contributed by atoms with van der Waals surface area (Å²) in [4.78, 5) is 24.3. The molecule has 0 amide bonds. The Kier molecular flexibility index (Phi) is 3.49. The minimum atomic E-state index is -0.608. The van der Waals surface area contributed by atoms with E-state index in [9.17, 15) is 19.8 Å². The van der Waals surface area contributed by atoms with E-state index in [1.54, 1.807) is 0 Å². The number of Topliss-reactive ketones (excluding diaryl/α,β-unsaturated/α-hetero) is 1. The molecule has 0 aromatic rings. The normalized spacial score (nSPS) is 53.4. The molecular weight excluding hydrogens is 304 g/mol. The predicted molar refractivity (Wildman–Crippen MR) is 89.3 cm³/mol.